The lowest BCUT2D eigenvalue weighted by atomic mass is 10.5. The molecule has 2 heteroatoms. The van der Waals surface area contributed by atoms with E-state index in [9.17, 15) is 0 Å². The van der Waals surface area contributed by atoms with Gasteiger partial charge in [0.1, 0.15) is 0 Å². The Morgan fingerprint density at radius 2 is 2.20 bits per heavy atom. The lowest BCUT2D eigenvalue weighted by Gasteiger charge is -1.79. The van der Waals surface area contributed by atoms with Gasteiger partial charge in [-0.3, -0.25) is 0 Å². The molecule has 0 aliphatic carbocycles. The van der Waals surface area contributed by atoms with Crippen LogP contribution in [-0.4, -0.2) is 26.2 Å². The zero-order valence-electron chi connectivity index (χ0n) is 10.3. The van der Waals surface area contributed by atoms with Crippen LogP contribution in [0.15, 0.2) is 0 Å². The number of aliphatic hydroxyl groups is 2. The Morgan fingerprint density at radius 3 is 2.60 bits per heavy atom. The highest BCUT2D eigenvalue weighted by atomic mass is 16.3. The van der Waals surface area contributed by atoms with Crippen molar-refractivity contribution in [2.24, 2.45) is 0 Å². The summed E-state index contributed by atoms with van der Waals surface area (Å²) in [5.74, 6) is 0. The van der Waals surface area contributed by atoms with Crippen LogP contribution in [0.3, 0.4) is 0 Å². The largest absolute Gasteiger partial charge is 0.396 e. The lowest BCUT2D eigenvalue weighted by Crippen LogP contribution is -1.85. The molecule has 0 aromatic carbocycles. The minimum absolute atomic E-state index is 3.20. The molecule has 2 N–H and O–H groups in total. The van der Waals surface area contributed by atoms with E-state index < -0.39 is 19.5 Å². The first-order valence-electron chi connectivity index (χ1n) is 4.72. The van der Waals surface area contributed by atoms with Gasteiger partial charge in [-0.15, -0.1) is 0 Å². The molecule has 2 nitrogen and oxygen atoms in total. The second kappa shape index (κ2) is 3.92. The highest BCUT2D eigenvalue weighted by molar-refractivity contribution is 4.22. The van der Waals surface area contributed by atoms with Crippen LogP contribution >= 0.6 is 0 Å². The van der Waals surface area contributed by atoms with Gasteiger partial charge in [0.15, 0.2) is 0 Å². The van der Waals surface area contributed by atoms with Gasteiger partial charge in [0.05, 0.1) is 5.48 Å². The molecule has 0 atom stereocenters. The quantitative estimate of drug-likeness (QED) is 0.475. The van der Waals surface area contributed by atoms with E-state index in [1.54, 1.807) is 0 Å². The number of hydrogen-bond acceptors (Lipinski definition) is 2. The summed E-state index contributed by atoms with van der Waals surface area (Å²) in [6.07, 6.45) is -3.26. The van der Waals surface area contributed by atoms with E-state index in [1.165, 1.54) is 0 Å². The van der Waals surface area contributed by atoms with Crippen molar-refractivity contribution in [2.75, 3.05) is 13.1 Å². The molecule has 0 saturated carbocycles. The average Bonchev–Trinajstić information content (AvgIpc) is 2.03. The smallest absolute Gasteiger partial charge is 0.210 e. The Hall–Kier alpha value is -0.0800. The summed E-state index contributed by atoms with van der Waals surface area (Å²) in [5, 5.41) is 6.79. The van der Waals surface area contributed by atoms with E-state index in [4.69, 9.17) is 11.1 Å². The second-order valence-corrected chi connectivity index (χ2v) is 0.329. The maximum atomic E-state index is 6.96. The molecule has 0 radical (unpaired) electrons. The van der Waals surface area contributed by atoms with E-state index in [0.717, 1.165) is 0 Å². The monoisotopic (exact) mass is 84.1 g/mol. The summed E-state index contributed by atoms with van der Waals surface area (Å²) in [6, 6.07) is 0. The summed E-state index contributed by atoms with van der Waals surface area (Å²) in [4.78, 5) is 0. The summed E-state index contributed by atoms with van der Waals surface area (Å²) in [7, 11) is 0. The van der Waals surface area contributed by atoms with Crippen LogP contribution in [0.5, 0.6) is 0 Å². The van der Waals surface area contributed by atoms with Crippen molar-refractivity contribution < 1.29 is 18.4 Å². The molecule has 0 aromatic rings. The minimum Gasteiger partial charge on any atom is -0.396 e. The van der Waals surface area contributed by atoms with Crippen LogP contribution < -0.4 is 0 Å². The van der Waals surface area contributed by atoms with Crippen molar-refractivity contribution >= 4 is 0 Å². The third-order valence-corrected chi connectivity index (χ3v) is 0.102. The summed E-state index contributed by atoms with van der Waals surface area (Å²) in [5.41, 5.74) is 0. The molecule has 0 fully saturated rings. The fraction of sp³-hybridized carbons (Fsp3) is 1.00. The SMILES string of the molecule is [2H]OC([2H])([2H])C([2H])([2H])C([2H])([2H])O[2H]. The van der Waals surface area contributed by atoms with E-state index >= 15 is 0 Å². The van der Waals surface area contributed by atoms with Crippen LogP contribution in [0.2, 0.25) is 0 Å². The molecular formula is C3H8O2. The predicted octanol–water partition coefficient (Wildman–Crippen LogP) is -0.639. The van der Waals surface area contributed by atoms with Crippen LogP contribution in [0, 0.1) is 0 Å². The van der Waals surface area contributed by atoms with Crippen molar-refractivity contribution in [2.45, 2.75) is 6.37 Å². The third kappa shape index (κ3) is 3.92. The first-order chi connectivity index (χ1) is 5.62. The predicted molar refractivity (Wildman–Crippen MR) is 18.8 cm³/mol. The van der Waals surface area contributed by atoms with Gasteiger partial charge in [-0.05, 0) is 6.37 Å². The fourth-order valence-electron chi connectivity index (χ4n) is 0.0208. The molecule has 32 valence electrons. The standard InChI is InChI=1S/C3H8O2/c4-2-1-3-5/h4-5H,1-3H2/i1D2,2D2,3D2,4D,5D. The summed E-state index contributed by atoms with van der Waals surface area (Å²) in [6.45, 7) is -6.39. The van der Waals surface area contributed by atoms with Gasteiger partial charge in [0, 0.05) is 15.9 Å². The van der Waals surface area contributed by atoms with Gasteiger partial charge in [-0.2, -0.15) is 0 Å². The van der Waals surface area contributed by atoms with E-state index in [-0.39, 0.29) is 0 Å². The maximum Gasteiger partial charge on any atom is 0.210 e. The Balaban J connectivity index is 4.95. The Kier molecular flexibility index (Phi) is 0.417. The van der Waals surface area contributed by atoms with Gasteiger partial charge in [-0.25, -0.2) is 0 Å². The highest BCUT2D eigenvalue weighted by Crippen LogP contribution is 1.65. The molecule has 0 unspecified atom stereocenters. The maximum absolute atomic E-state index is 6.96. The van der Waals surface area contributed by atoms with Crippen LogP contribution in [0.4, 0.5) is 0 Å². The molecule has 0 aromatic heterocycles. The van der Waals surface area contributed by atoms with Crippen LogP contribution in [-0.2, 0) is 0 Å². The molecule has 0 aliphatic rings. The number of rotatable bonds is 4. The highest BCUT2D eigenvalue weighted by Gasteiger charge is 1.70. The molecule has 0 rings (SSSR count). The molecule has 0 bridgehead atoms. The molecule has 0 amide bonds. The van der Waals surface area contributed by atoms with Crippen LogP contribution in [0.25, 0.3) is 0 Å². The van der Waals surface area contributed by atoms with Gasteiger partial charge in [0.25, 0.3) is 0 Å². The van der Waals surface area contributed by atoms with Gasteiger partial charge in [0.2, 0.25) is 2.86 Å². The summed E-state index contributed by atoms with van der Waals surface area (Å²) >= 11 is 0. The van der Waals surface area contributed by atoms with Crippen molar-refractivity contribution in [3.05, 3.63) is 0 Å². The van der Waals surface area contributed by atoms with Crippen molar-refractivity contribution in [1.29, 1.82) is 2.86 Å². The molecule has 0 heterocycles. The second-order valence-electron chi connectivity index (χ2n) is 0.329. The van der Waals surface area contributed by atoms with E-state index in [0.29, 0.717) is 0 Å². The Bertz CT molecular complexity index is 160. The topological polar surface area (TPSA) is 40.5 Å². The van der Waals surface area contributed by atoms with Gasteiger partial charge < -0.3 is 10.2 Å². The van der Waals surface area contributed by atoms with Crippen molar-refractivity contribution in [1.82, 2.24) is 0 Å². The zero-order valence-corrected chi connectivity index (χ0v) is 2.32. The first-order valence-corrected chi connectivity index (χ1v) is 0.908. The minimum atomic E-state index is -3.26. The molecular weight excluding hydrogens is 68.0 g/mol. The fourth-order valence-corrected chi connectivity index (χ4v) is 0.0208. The average molecular weight is 84.1 g/mol. The van der Waals surface area contributed by atoms with E-state index in [1.807, 2.05) is 0 Å². The Labute approximate surface area is 42.5 Å². The zero-order chi connectivity index (χ0) is 10.9. The third-order valence-electron chi connectivity index (χ3n) is 0.102. The van der Waals surface area contributed by atoms with Gasteiger partial charge in [-0.1, -0.05) is 0 Å². The van der Waals surface area contributed by atoms with Crippen molar-refractivity contribution in [3.8, 4) is 0 Å². The van der Waals surface area contributed by atoms with Gasteiger partial charge >= 0.3 is 0 Å². The summed E-state index contributed by atoms with van der Waals surface area (Å²) < 4.78 is 53.6. The normalized spacial score (nSPS) is 40.0. The molecule has 0 saturated heterocycles. The molecule has 0 spiro atoms. The molecule has 0 aliphatic heterocycles. The molecule has 5 heavy (non-hydrogen) atoms. The van der Waals surface area contributed by atoms with Crippen molar-refractivity contribution in [3.63, 3.8) is 0 Å². The lowest BCUT2D eigenvalue weighted by molar-refractivity contribution is 0.221. The number of hydrogen-bond donors (Lipinski definition) is 2. The first kappa shape index (κ1) is 0.532. The van der Waals surface area contributed by atoms with E-state index in [2.05, 4.69) is 10.2 Å². The van der Waals surface area contributed by atoms with Crippen LogP contribution in [0.1, 0.15) is 14.6 Å². The Morgan fingerprint density at radius 1 is 1.60 bits per heavy atom.